The molecule has 0 saturated carbocycles. The number of hydrogen-bond donors (Lipinski definition) is 2. The lowest BCUT2D eigenvalue weighted by molar-refractivity contribution is 0.318. The smallest absolute Gasteiger partial charge is 0.131 e. The summed E-state index contributed by atoms with van der Waals surface area (Å²) in [6, 6.07) is 4.61. The van der Waals surface area contributed by atoms with Crippen molar-refractivity contribution in [1.29, 1.82) is 0 Å². The molecular weight excluding hydrogens is 219 g/mol. The minimum Gasteiger partial charge on any atom is -0.496 e. The molecule has 0 amide bonds. The average Bonchev–Trinajstić information content (AvgIpc) is 2.36. The van der Waals surface area contributed by atoms with Crippen molar-refractivity contribution < 1.29 is 9.13 Å². The number of benzene rings is 1. The Hall–Kier alpha value is -1.13. The Balaban J connectivity index is 3.18. The van der Waals surface area contributed by atoms with E-state index in [0.29, 0.717) is 11.3 Å². The van der Waals surface area contributed by atoms with Crippen LogP contribution in [-0.4, -0.2) is 7.11 Å². The zero-order valence-corrected chi connectivity index (χ0v) is 10.7. The van der Waals surface area contributed by atoms with Gasteiger partial charge in [0.1, 0.15) is 11.6 Å². The minimum atomic E-state index is -0.279. The lowest BCUT2D eigenvalue weighted by Crippen LogP contribution is -2.34. The van der Waals surface area contributed by atoms with Crippen molar-refractivity contribution in [2.75, 3.05) is 7.11 Å². The lowest BCUT2D eigenvalue weighted by atomic mass is 9.88. The number of halogens is 1. The Morgan fingerprint density at radius 1 is 1.35 bits per heavy atom. The molecule has 1 atom stereocenters. The summed E-state index contributed by atoms with van der Waals surface area (Å²) in [6.45, 7) is 4.15. The van der Waals surface area contributed by atoms with Crippen LogP contribution in [0.25, 0.3) is 0 Å². The number of nitrogens with one attached hydrogen (secondary N) is 1. The zero-order chi connectivity index (χ0) is 12.8. The minimum absolute atomic E-state index is 0.221. The highest BCUT2D eigenvalue weighted by molar-refractivity contribution is 5.37. The highest BCUT2D eigenvalue weighted by atomic mass is 19.1. The fraction of sp³-hybridized carbons (Fsp3) is 0.538. The quantitative estimate of drug-likeness (QED) is 0.593. The molecule has 0 radical (unpaired) electrons. The molecule has 0 heterocycles. The highest BCUT2D eigenvalue weighted by Crippen LogP contribution is 2.34. The van der Waals surface area contributed by atoms with Crippen LogP contribution in [0.2, 0.25) is 0 Å². The molecule has 3 nitrogen and oxygen atoms in total. The summed E-state index contributed by atoms with van der Waals surface area (Å²) in [4.78, 5) is 0. The first-order chi connectivity index (χ1) is 8.19. The third-order valence-electron chi connectivity index (χ3n) is 3.24. The number of methoxy groups -OCH3 is 1. The molecule has 3 N–H and O–H groups in total. The SMILES string of the molecule is CCC(CC)C(NN)c1c(F)cccc1OC. The van der Waals surface area contributed by atoms with Crippen LogP contribution in [0.3, 0.4) is 0 Å². The maximum Gasteiger partial charge on any atom is 0.131 e. The van der Waals surface area contributed by atoms with Crippen molar-refractivity contribution in [1.82, 2.24) is 5.43 Å². The van der Waals surface area contributed by atoms with Crippen LogP contribution >= 0.6 is 0 Å². The summed E-state index contributed by atoms with van der Waals surface area (Å²) >= 11 is 0. The topological polar surface area (TPSA) is 47.3 Å². The number of ether oxygens (including phenoxy) is 1. The Bertz CT molecular complexity index is 353. The molecule has 96 valence electrons. The number of hydrogen-bond acceptors (Lipinski definition) is 3. The molecule has 0 bridgehead atoms. The molecule has 1 aromatic carbocycles. The molecular formula is C13H21FN2O. The standard InChI is InChI=1S/C13H21FN2O/c1-4-9(5-2)13(16-15)12-10(14)7-6-8-11(12)17-3/h6-9,13,16H,4-5,15H2,1-3H3. The van der Waals surface area contributed by atoms with E-state index in [1.807, 2.05) is 0 Å². The van der Waals surface area contributed by atoms with Crippen molar-refractivity contribution in [3.8, 4) is 5.75 Å². The van der Waals surface area contributed by atoms with Crippen LogP contribution in [0.1, 0.15) is 38.3 Å². The van der Waals surface area contributed by atoms with Crippen molar-refractivity contribution in [3.05, 3.63) is 29.6 Å². The van der Waals surface area contributed by atoms with Crippen molar-refractivity contribution in [2.24, 2.45) is 11.8 Å². The van der Waals surface area contributed by atoms with E-state index in [-0.39, 0.29) is 17.8 Å². The predicted octanol–water partition coefficient (Wildman–Crippen LogP) is 2.77. The maximum atomic E-state index is 13.9. The number of nitrogens with two attached hydrogens (primary N) is 1. The van der Waals surface area contributed by atoms with E-state index in [0.717, 1.165) is 12.8 Å². The molecule has 1 unspecified atom stereocenters. The first-order valence-corrected chi connectivity index (χ1v) is 5.98. The van der Waals surface area contributed by atoms with Gasteiger partial charge in [0.15, 0.2) is 0 Å². The second kappa shape index (κ2) is 6.57. The van der Waals surface area contributed by atoms with Gasteiger partial charge in [-0.1, -0.05) is 32.8 Å². The van der Waals surface area contributed by atoms with Gasteiger partial charge in [0.25, 0.3) is 0 Å². The molecule has 0 aliphatic rings. The van der Waals surface area contributed by atoms with Gasteiger partial charge < -0.3 is 4.74 Å². The van der Waals surface area contributed by atoms with Crippen LogP contribution < -0.4 is 16.0 Å². The molecule has 0 saturated heterocycles. The molecule has 1 aromatic rings. The second-order valence-electron chi connectivity index (χ2n) is 4.08. The van der Waals surface area contributed by atoms with E-state index in [9.17, 15) is 4.39 Å². The van der Waals surface area contributed by atoms with E-state index in [1.54, 1.807) is 19.2 Å². The van der Waals surface area contributed by atoms with Crippen molar-refractivity contribution in [3.63, 3.8) is 0 Å². The van der Waals surface area contributed by atoms with Gasteiger partial charge >= 0.3 is 0 Å². The van der Waals surface area contributed by atoms with Gasteiger partial charge in [-0.3, -0.25) is 11.3 Å². The third kappa shape index (κ3) is 2.96. The fourth-order valence-electron chi connectivity index (χ4n) is 2.21. The Morgan fingerprint density at radius 2 is 2.00 bits per heavy atom. The molecule has 0 aliphatic carbocycles. The Kier molecular flexibility index (Phi) is 5.38. The zero-order valence-electron chi connectivity index (χ0n) is 10.7. The van der Waals surface area contributed by atoms with Crippen LogP contribution in [0.4, 0.5) is 4.39 Å². The molecule has 1 rings (SSSR count). The molecule has 0 aromatic heterocycles. The van der Waals surface area contributed by atoms with Gasteiger partial charge in [-0.2, -0.15) is 0 Å². The monoisotopic (exact) mass is 240 g/mol. The predicted molar refractivity (Wildman–Crippen MR) is 67.1 cm³/mol. The average molecular weight is 240 g/mol. The van der Waals surface area contributed by atoms with Crippen LogP contribution in [0.15, 0.2) is 18.2 Å². The molecule has 17 heavy (non-hydrogen) atoms. The molecule has 0 aliphatic heterocycles. The van der Waals surface area contributed by atoms with Gasteiger partial charge in [-0.05, 0) is 18.1 Å². The van der Waals surface area contributed by atoms with Crippen molar-refractivity contribution in [2.45, 2.75) is 32.7 Å². The molecule has 4 heteroatoms. The maximum absolute atomic E-state index is 13.9. The Morgan fingerprint density at radius 3 is 2.47 bits per heavy atom. The summed E-state index contributed by atoms with van der Waals surface area (Å²) in [7, 11) is 1.54. The largest absolute Gasteiger partial charge is 0.496 e. The van der Waals surface area contributed by atoms with E-state index >= 15 is 0 Å². The molecule has 0 spiro atoms. The second-order valence-corrected chi connectivity index (χ2v) is 4.08. The van der Waals surface area contributed by atoms with Gasteiger partial charge in [0, 0.05) is 5.56 Å². The summed E-state index contributed by atoms with van der Waals surface area (Å²) in [5.41, 5.74) is 3.24. The number of hydrazine groups is 1. The Labute approximate surface area is 102 Å². The van der Waals surface area contributed by atoms with Crippen molar-refractivity contribution >= 4 is 0 Å². The van der Waals surface area contributed by atoms with Gasteiger partial charge in [-0.15, -0.1) is 0 Å². The van der Waals surface area contributed by atoms with Crippen LogP contribution in [-0.2, 0) is 0 Å². The third-order valence-corrected chi connectivity index (χ3v) is 3.24. The van der Waals surface area contributed by atoms with E-state index in [4.69, 9.17) is 10.6 Å². The van der Waals surface area contributed by atoms with Gasteiger partial charge in [0.05, 0.1) is 13.2 Å². The fourth-order valence-corrected chi connectivity index (χ4v) is 2.21. The first kappa shape index (κ1) is 13.9. The van der Waals surface area contributed by atoms with Gasteiger partial charge in [-0.25, -0.2) is 4.39 Å². The first-order valence-electron chi connectivity index (χ1n) is 5.98. The van der Waals surface area contributed by atoms with Gasteiger partial charge in [0.2, 0.25) is 0 Å². The van der Waals surface area contributed by atoms with Crippen LogP contribution in [0.5, 0.6) is 5.75 Å². The summed E-state index contributed by atoms with van der Waals surface area (Å²) in [5, 5.41) is 0. The highest BCUT2D eigenvalue weighted by Gasteiger charge is 2.25. The van der Waals surface area contributed by atoms with E-state index in [1.165, 1.54) is 6.07 Å². The van der Waals surface area contributed by atoms with Crippen LogP contribution in [0, 0.1) is 11.7 Å². The summed E-state index contributed by atoms with van der Waals surface area (Å²) in [5.74, 6) is 6.12. The molecule has 0 fully saturated rings. The summed E-state index contributed by atoms with van der Waals surface area (Å²) < 4.78 is 19.1. The lowest BCUT2D eigenvalue weighted by Gasteiger charge is -2.26. The van der Waals surface area contributed by atoms with E-state index in [2.05, 4.69) is 19.3 Å². The summed E-state index contributed by atoms with van der Waals surface area (Å²) in [6.07, 6.45) is 1.87. The normalized spacial score (nSPS) is 12.8. The number of rotatable bonds is 6. The van der Waals surface area contributed by atoms with E-state index < -0.39 is 0 Å².